The summed E-state index contributed by atoms with van der Waals surface area (Å²) < 4.78 is 0. The van der Waals surface area contributed by atoms with E-state index in [1.807, 2.05) is 0 Å². The van der Waals surface area contributed by atoms with Crippen LogP contribution in [0, 0.1) is 0 Å². The van der Waals surface area contributed by atoms with Gasteiger partial charge in [0, 0.05) is 36.1 Å². The molecule has 0 bridgehead atoms. The maximum Gasteiger partial charge on any atom is 0.241 e. The molecule has 0 amide bonds. The molecule has 0 radical (unpaired) electrons. The molecule has 4 heavy (non-hydrogen) atoms. The molecule has 0 aliphatic carbocycles. The molecule has 0 saturated heterocycles. The van der Waals surface area contributed by atoms with Crippen molar-refractivity contribution >= 4 is 32.5 Å². The Morgan fingerprint density at radius 1 is 1.75 bits per heavy atom. The number of hydrogen-bond donors (Lipinski definition) is 0. The second-order valence-corrected chi connectivity index (χ2v) is 13.5. The second kappa shape index (κ2) is 8.91. The fourth-order valence-corrected chi connectivity index (χ4v) is 0. The van der Waals surface area contributed by atoms with Gasteiger partial charge in [0.1, 0.15) is 0 Å². The first-order valence-electron chi connectivity index (χ1n) is 1.00. The molecular formula is H6AlPSiZr. The van der Waals surface area contributed by atoms with Crippen LogP contribution in [-0.4, -0.2) is 25.8 Å². The predicted octanol–water partition coefficient (Wildman–Crippen LogP) is -1.51. The van der Waals surface area contributed by atoms with E-state index in [0.717, 1.165) is 0 Å². The Morgan fingerprint density at radius 2 is 1.75 bits per heavy atom. The summed E-state index contributed by atoms with van der Waals surface area (Å²) in [5.74, 6) is 0. The van der Waals surface area contributed by atoms with Crippen LogP contribution in [0.4, 0.5) is 0 Å². The van der Waals surface area contributed by atoms with Crippen LogP contribution in [0.3, 0.4) is 0 Å². The van der Waals surface area contributed by atoms with Gasteiger partial charge in [0.25, 0.3) is 0 Å². The average molecular weight is 183 g/mol. The SMILES string of the molecule is [AlH2][PH][SiH3].[Zr]. The van der Waals surface area contributed by atoms with E-state index in [9.17, 15) is 0 Å². The van der Waals surface area contributed by atoms with Crippen LogP contribution >= 0.6 is 6.78 Å². The van der Waals surface area contributed by atoms with Crippen LogP contribution in [0.25, 0.3) is 0 Å². The molecule has 4 heteroatoms. The summed E-state index contributed by atoms with van der Waals surface area (Å²) in [6, 6.07) is 0. The van der Waals surface area contributed by atoms with Crippen molar-refractivity contribution in [1.82, 2.24) is 0 Å². The predicted molar refractivity (Wildman–Crippen MR) is 26.8 cm³/mol. The molecule has 22 valence electrons. The van der Waals surface area contributed by atoms with Gasteiger partial charge in [0.15, 0.2) is 0 Å². The molecule has 1 atom stereocenters. The van der Waals surface area contributed by atoms with Gasteiger partial charge in [-0.15, -0.1) is 0 Å². The number of hydrogen-bond acceptors (Lipinski definition) is 0. The van der Waals surface area contributed by atoms with Gasteiger partial charge in [0.05, 0.1) is 0 Å². The Bertz CT molecular complexity index is 8.00. The molecule has 0 saturated carbocycles. The molecule has 0 fully saturated rings. The first kappa shape index (κ1) is 9.41. The van der Waals surface area contributed by atoms with E-state index in [0.29, 0.717) is 0 Å². The zero-order valence-corrected chi connectivity index (χ0v) is 10.5. The minimum Gasteiger partial charge on any atom is -0.214 e. The van der Waals surface area contributed by atoms with Crippen LogP contribution in [0.15, 0.2) is 0 Å². The van der Waals surface area contributed by atoms with E-state index in [4.69, 9.17) is 0 Å². The van der Waals surface area contributed by atoms with Crippen LogP contribution in [-0.2, 0) is 26.2 Å². The molecule has 0 aromatic heterocycles. The largest absolute Gasteiger partial charge is 0.241 e. The topological polar surface area (TPSA) is 0 Å². The van der Waals surface area contributed by atoms with Gasteiger partial charge in [-0.1, -0.05) is 0 Å². The fourth-order valence-electron chi connectivity index (χ4n) is 0. The molecule has 0 rings (SSSR count). The third-order valence-corrected chi connectivity index (χ3v) is 0. The summed E-state index contributed by atoms with van der Waals surface area (Å²) in [5, 5.41) is 0. The van der Waals surface area contributed by atoms with Crippen molar-refractivity contribution in [2.45, 2.75) is 0 Å². The van der Waals surface area contributed by atoms with Crippen molar-refractivity contribution in [2.75, 3.05) is 0 Å². The quantitative estimate of drug-likeness (QED) is 0.316. The van der Waals surface area contributed by atoms with Crippen LogP contribution in [0.5, 0.6) is 0 Å². The fraction of sp³-hybridized carbons (Fsp3) is 0. The summed E-state index contributed by atoms with van der Waals surface area (Å²) in [6.07, 6.45) is 0. The smallest absolute Gasteiger partial charge is 0.214 e. The summed E-state index contributed by atoms with van der Waals surface area (Å²) in [7, 11) is 1.46. The van der Waals surface area contributed by atoms with Crippen molar-refractivity contribution in [1.29, 1.82) is 0 Å². The van der Waals surface area contributed by atoms with Gasteiger partial charge in [-0.25, -0.2) is 6.78 Å². The summed E-state index contributed by atoms with van der Waals surface area (Å²) in [4.78, 5) is 0. The summed E-state index contributed by atoms with van der Waals surface area (Å²) in [5.41, 5.74) is 0. The van der Waals surface area contributed by atoms with Crippen LogP contribution in [0.1, 0.15) is 0 Å². The van der Waals surface area contributed by atoms with Crippen molar-refractivity contribution in [3.8, 4) is 0 Å². The Morgan fingerprint density at radius 3 is 1.75 bits per heavy atom. The molecule has 0 aliphatic heterocycles. The van der Waals surface area contributed by atoms with Gasteiger partial charge >= 0.3 is 0 Å². The summed E-state index contributed by atoms with van der Waals surface area (Å²) in [6.45, 7) is 1.36. The molecular weight excluding hydrogens is 177 g/mol. The van der Waals surface area contributed by atoms with Crippen LogP contribution in [0.2, 0.25) is 0 Å². The first-order chi connectivity index (χ1) is 1.41. The molecule has 0 aromatic carbocycles. The average Bonchev–Trinajstić information content (AvgIpc) is 0.918. The monoisotopic (exact) mass is 182 g/mol. The van der Waals surface area contributed by atoms with E-state index in [1.54, 1.807) is 0 Å². The van der Waals surface area contributed by atoms with E-state index in [1.165, 1.54) is 32.5 Å². The molecule has 0 N–H and O–H groups in total. The van der Waals surface area contributed by atoms with Gasteiger partial charge in [-0.2, -0.15) is 0 Å². The second-order valence-electron chi connectivity index (χ2n) is 0.500. The molecule has 1 unspecified atom stereocenters. The minimum atomic E-state index is 0. The molecule has 0 aromatic rings. The minimum absolute atomic E-state index is 0. The van der Waals surface area contributed by atoms with Crippen molar-refractivity contribution in [3.05, 3.63) is 0 Å². The zero-order chi connectivity index (χ0) is 2.71. The number of rotatable bonds is 0. The van der Waals surface area contributed by atoms with E-state index in [2.05, 4.69) is 0 Å². The molecule has 0 aliphatic rings. The first-order valence-corrected chi connectivity index (χ1v) is 9.00. The molecule has 0 heterocycles. The van der Waals surface area contributed by atoms with E-state index in [-0.39, 0.29) is 26.2 Å². The van der Waals surface area contributed by atoms with Gasteiger partial charge in [0.2, 0.25) is 15.8 Å². The Labute approximate surface area is 58.3 Å². The Hall–Kier alpha value is 2.06. The van der Waals surface area contributed by atoms with Gasteiger partial charge in [-0.3, -0.25) is 0 Å². The summed E-state index contributed by atoms with van der Waals surface area (Å²) >= 11 is 1.46. The Kier molecular flexibility index (Phi) is 21.0. The maximum atomic E-state index is 1.46. The zero-order valence-electron chi connectivity index (χ0n) is 3.00. The van der Waals surface area contributed by atoms with E-state index < -0.39 is 0 Å². The van der Waals surface area contributed by atoms with Crippen molar-refractivity contribution < 1.29 is 26.2 Å². The Balaban J connectivity index is 0. The maximum absolute atomic E-state index is 1.46. The van der Waals surface area contributed by atoms with Gasteiger partial charge in [-0.05, 0) is 0 Å². The van der Waals surface area contributed by atoms with Crippen molar-refractivity contribution in [2.24, 2.45) is 0 Å². The van der Waals surface area contributed by atoms with E-state index >= 15 is 0 Å². The van der Waals surface area contributed by atoms with Gasteiger partial charge < -0.3 is 0 Å². The molecule has 0 spiro atoms. The molecule has 0 nitrogen and oxygen atoms in total. The van der Waals surface area contributed by atoms with Crippen molar-refractivity contribution in [3.63, 3.8) is 0 Å². The third kappa shape index (κ3) is 8.96. The van der Waals surface area contributed by atoms with Crippen LogP contribution < -0.4 is 0 Å². The standard InChI is InChI=1S/Al.H4PSi.Zr.2H/c;1-2;;;/h;1H,2H3;;;/q+1;-1;;;. The normalized spacial score (nSPS) is 8.00. The third-order valence-electron chi connectivity index (χ3n) is 0.